The van der Waals surface area contributed by atoms with Gasteiger partial charge >= 0.3 is 0 Å². The number of rotatable bonds is 5. The van der Waals surface area contributed by atoms with Gasteiger partial charge in [-0.05, 0) is 33.2 Å². The van der Waals surface area contributed by atoms with Crippen LogP contribution in [-0.4, -0.2) is 42.4 Å². The average molecular weight is 266 g/mol. The number of nitrogens with one attached hydrogen (secondary N) is 1. The van der Waals surface area contributed by atoms with Gasteiger partial charge in [-0.3, -0.25) is 14.9 Å². The number of nitro benzene ring substituents is 1. The molecule has 0 radical (unpaired) electrons. The average Bonchev–Trinajstić information content (AvgIpc) is 2.34. The molecule has 1 unspecified atom stereocenters. The molecule has 0 spiro atoms. The number of anilines is 1. The maximum Gasteiger partial charge on any atom is 0.282 e. The van der Waals surface area contributed by atoms with Crippen molar-refractivity contribution in [3.05, 3.63) is 33.9 Å². The molecule has 1 atom stereocenters. The highest BCUT2D eigenvalue weighted by atomic mass is 16.6. The Kier molecular flexibility index (Phi) is 4.82. The third kappa shape index (κ3) is 3.92. The molecule has 1 rings (SSSR count). The Balaban J connectivity index is 2.87. The Morgan fingerprint density at radius 3 is 2.68 bits per heavy atom. The summed E-state index contributed by atoms with van der Waals surface area (Å²) in [6.07, 6.45) is 0. The summed E-state index contributed by atoms with van der Waals surface area (Å²) in [5.41, 5.74) is 5.61. The van der Waals surface area contributed by atoms with Crippen molar-refractivity contribution in [2.45, 2.75) is 13.0 Å². The molecule has 7 nitrogen and oxygen atoms in total. The molecule has 0 heterocycles. The lowest BCUT2D eigenvalue weighted by molar-refractivity contribution is -0.385. The van der Waals surface area contributed by atoms with E-state index in [1.807, 2.05) is 25.9 Å². The van der Waals surface area contributed by atoms with Crippen molar-refractivity contribution >= 4 is 17.3 Å². The molecule has 0 aromatic heterocycles. The zero-order valence-corrected chi connectivity index (χ0v) is 11.2. The summed E-state index contributed by atoms with van der Waals surface area (Å²) in [6, 6.07) is 4.08. The Morgan fingerprint density at radius 2 is 2.16 bits per heavy atom. The highest BCUT2D eigenvalue weighted by Gasteiger charge is 2.20. The van der Waals surface area contributed by atoms with Crippen LogP contribution in [0, 0.1) is 10.1 Å². The first-order valence-corrected chi connectivity index (χ1v) is 5.81. The van der Waals surface area contributed by atoms with Gasteiger partial charge in [0.15, 0.2) is 0 Å². The number of hydrogen-bond acceptors (Lipinski definition) is 5. The fourth-order valence-electron chi connectivity index (χ4n) is 1.41. The molecule has 1 amide bonds. The Hall–Kier alpha value is -2.15. The monoisotopic (exact) mass is 266 g/mol. The summed E-state index contributed by atoms with van der Waals surface area (Å²) in [7, 11) is 3.78. The van der Waals surface area contributed by atoms with Crippen LogP contribution in [0.3, 0.4) is 0 Å². The molecule has 7 heteroatoms. The van der Waals surface area contributed by atoms with Crippen molar-refractivity contribution in [2.75, 3.05) is 26.4 Å². The van der Waals surface area contributed by atoms with Gasteiger partial charge in [0.2, 0.25) is 0 Å². The third-order valence-electron chi connectivity index (χ3n) is 2.90. The topological polar surface area (TPSA) is 102 Å². The summed E-state index contributed by atoms with van der Waals surface area (Å²) in [6.45, 7) is 2.34. The molecule has 0 aliphatic heterocycles. The molecule has 0 saturated carbocycles. The third-order valence-corrected chi connectivity index (χ3v) is 2.90. The number of carbonyl (C=O) groups is 1. The molecular formula is C12H18N4O3. The van der Waals surface area contributed by atoms with Crippen molar-refractivity contribution in [1.29, 1.82) is 0 Å². The van der Waals surface area contributed by atoms with Crippen LogP contribution in [0.5, 0.6) is 0 Å². The normalized spacial score (nSPS) is 12.2. The lowest BCUT2D eigenvalue weighted by atomic mass is 10.1. The van der Waals surface area contributed by atoms with Gasteiger partial charge in [-0.15, -0.1) is 0 Å². The van der Waals surface area contributed by atoms with Crippen molar-refractivity contribution < 1.29 is 9.72 Å². The molecule has 3 N–H and O–H groups in total. The predicted octanol–water partition coefficient (Wildman–Crippen LogP) is 0.857. The lowest BCUT2D eigenvalue weighted by Crippen LogP contribution is -2.38. The number of likely N-dealkylation sites (N-methyl/N-ethyl adjacent to an activating group) is 1. The van der Waals surface area contributed by atoms with Crippen LogP contribution in [0.1, 0.15) is 17.3 Å². The molecule has 104 valence electrons. The Morgan fingerprint density at radius 1 is 1.53 bits per heavy atom. The van der Waals surface area contributed by atoms with E-state index < -0.39 is 10.8 Å². The van der Waals surface area contributed by atoms with Gasteiger partial charge in [-0.1, -0.05) is 0 Å². The second-order valence-electron chi connectivity index (χ2n) is 4.56. The molecule has 0 saturated heterocycles. The van der Waals surface area contributed by atoms with E-state index in [0.29, 0.717) is 12.2 Å². The van der Waals surface area contributed by atoms with Crippen LogP contribution >= 0.6 is 0 Å². The van der Waals surface area contributed by atoms with Crippen LogP contribution in [-0.2, 0) is 0 Å². The zero-order valence-electron chi connectivity index (χ0n) is 11.2. The quantitative estimate of drug-likeness (QED) is 0.467. The predicted molar refractivity (Wildman–Crippen MR) is 73.0 cm³/mol. The summed E-state index contributed by atoms with van der Waals surface area (Å²) >= 11 is 0. The highest BCUT2D eigenvalue weighted by molar-refractivity contribution is 5.99. The molecule has 0 aliphatic rings. The van der Waals surface area contributed by atoms with E-state index in [2.05, 4.69) is 5.32 Å². The molecule has 1 aromatic carbocycles. The van der Waals surface area contributed by atoms with Crippen LogP contribution in [0.15, 0.2) is 18.2 Å². The number of benzene rings is 1. The zero-order chi connectivity index (χ0) is 14.6. The summed E-state index contributed by atoms with van der Waals surface area (Å²) in [5, 5.41) is 13.5. The maximum absolute atomic E-state index is 12.0. The minimum Gasteiger partial charge on any atom is -0.399 e. The summed E-state index contributed by atoms with van der Waals surface area (Å²) in [4.78, 5) is 24.2. The standard InChI is InChI=1S/C12H18N4O3/c1-8(15(2)3)7-14-12(17)10-6-9(13)4-5-11(10)16(18)19/h4-6,8H,7,13H2,1-3H3,(H,14,17). The number of nitrogens with zero attached hydrogens (tertiary/aromatic N) is 2. The number of nitrogens with two attached hydrogens (primary N) is 1. The summed E-state index contributed by atoms with van der Waals surface area (Å²) < 4.78 is 0. The van der Waals surface area contributed by atoms with E-state index in [0.717, 1.165) is 0 Å². The van der Waals surface area contributed by atoms with Gasteiger partial charge < -0.3 is 16.0 Å². The number of amides is 1. The Labute approximate surface area is 111 Å². The fourth-order valence-corrected chi connectivity index (χ4v) is 1.41. The number of hydrogen-bond donors (Lipinski definition) is 2. The van der Waals surface area contributed by atoms with Gasteiger partial charge in [0.25, 0.3) is 11.6 Å². The molecule has 0 fully saturated rings. The first kappa shape index (κ1) is 14.9. The van der Waals surface area contributed by atoms with Crippen molar-refractivity contribution in [3.8, 4) is 0 Å². The smallest absolute Gasteiger partial charge is 0.282 e. The van der Waals surface area contributed by atoms with Crippen LogP contribution in [0.4, 0.5) is 11.4 Å². The van der Waals surface area contributed by atoms with Gasteiger partial charge in [0.1, 0.15) is 5.56 Å². The Bertz CT molecular complexity index is 488. The van der Waals surface area contributed by atoms with E-state index in [1.165, 1.54) is 18.2 Å². The second kappa shape index (κ2) is 6.14. The van der Waals surface area contributed by atoms with Crippen LogP contribution in [0.2, 0.25) is 0 Å². The number of carbonyl (C=O) groups excluding carboxylic acids is 1. The van der Waals surface area contributed by atoms with Crippen LogP contribution in [0.25, 0.3) is 0 Å². The van der Waals surface area contributed by atoms with Gasteiger partial charge in [-0.25, -0.2) is 0 Å². The molecule has 0 aliphatic carbocycles. The number of nitro groups is 1. The highest BCUT2D eigenvalue weighted by Crippen LogP contribution is 2.20. The fraction of sp³-hybridized carbons (Fsp3) is 0.417. The SMILES string of the molecule is CC(CNC(=O)c1cc(N)ccc1[N+](=O)[O-])N(C)C. The molecular weight excluding hydrogens is 248 g/mol. The van der Waals surface area contributed by atoms with Gasteiger partial charge in [0.05, 0.1) is 4.92 Å². The second-order valence-corrected chi connectivity index (χ2v) is 4.56. The van der Waals surface area contributed by atoms with Crippen molar-refractivity contribution in [3.63, 3.8) is 0 Å². The van der Waals surface area contributed by atoms with Crippen LogP contribution < -0.4 is 11.1 Å². The van der Waals surface area contributed by atoms with E-state index in [1.54, 1.807) is 0 Å². The minimum absolute atomic E-state index is 0.0176. The van der Waals surface area contributed by atoms with Gasteiger partial charge in [0, 0.05) is 24.3 Å². The summed E-state index contributed by atoms with van der Waals surface area (Å²) in [5.74, 6) is -0.493. The minimum atomic E-state index is -0.594. The molecule has 19 heavy (non-hydrogen) atoms. The van der Waals surface area contributed by atoms with E-state index in [4.69, 9.17) is 5.73 Å². The van der Waals surface area contributed by atoms with E-state index in [-0.39, 0.29) is 17.3 Å². The molecule has 1 aromatic rings. The largest absolute Gasteiger partial charge is 0.399 e. The van der Waals surface area contributed by atoms with E-state index >= 15 is 0 Å². The van der Waals surface area contributed by atoms with Gasteiger partial charge in [-0.2, -0.15) is 0 Å². The maximum atomic E-state index is 12.0. The van der Waals surface area contributed by atoms with Crippen molar-refractivity contribution in [1.82, 2.24) is 10.2 Å². The first-order chi connectivity index (χ1) is 8.82. The molecule has 0 bridgehead atoms. The van der Waals surface area contributed by atoms with Crippen molar-refractivity contribution in [2.24, 2.45) is 0 Å². The number of nitrogen functional groups attached to an aromatic ring is 1. The lowest BCUT2D eigenvalue weighted by Gasteiger charge is -2.19. The van der Waals surface area contributed by atoms with E-state index in [9.17, 15) is 14.9 Å². The first-order valence-electron chi connectivity index (χ1n) is 5.81.